The summed E-state index contributed by atoms with van der Waals surface area (Å²) < 4.78 is 32.9. The van der Waals surface area contributed by atoms with Crippen LogP contribution in [0, 0.1) is 46.3 Å². The van der Waals surface area contributed by atoms with Crippen LogP contribution in [0.1, 0.15) is 181 Å². The first kappa shape index (κ1) is 65.6. The molecule has 0 heterocycles. The molecule has 0 bridgehead atoms. The van der Waals surface area contributed by atoms with Gasteiger partial charge in [-0.25, -0.2) is 0 Å². The molecule has 0 aromatic heterocycles. The zero-order chi connectivity index (χ0) is 58.1. The van der Waals surface area contributed by atoms with Gasteiger partial charge in [0.2, 0.25) is 5.91 Å². The minimum absolute atomic E-state index is 0.00979. The van der Waals surface area contributed by atoms with Crippen molar-refractivity contribution in [2.75, 3.05) is 66.6 Å². The zero-order valence-corrected chi connectivity index (χ0v) is 50.4. The van der Waals surface area contributed by atoms with E-state index in [0.717, 1.165) is 57.8 Å². The van der Waals surface area contributed by atoms with Crippen LogP contribution in [0.4, 0.5) is 0 Å². The average molecular weight is 1090 g/mol. The van der Waals surface area contributed by atoms with Crippen LogP contribution < -0.4 is 5.32 Å². The van der Waals surface area contributed by atoms with E-state index in [2.05, 4.69) is 26.1 Å². The third kappa shape index (κ3) is 19.7. The summed E-state index contributed by atoms with van der Waals surface area (Å²) in [7, 11) is 2.71. The van der Waals surface area contributed by atoms with Gasteiger partial charge in [-0.3, -0.25) is 48.3 Å². The molecular formula is C59H102N4O14. The summed E-state index contributed by atoms with van der Waals surface area (Å²) in [5.74, 6) is -0.871. The van der Waals surface area contributed by atoms with E-state index in [1.54, 1.807) is 97.8 Å². The molecule has 0 aromatic carbocycles. The summed E-state index contributed by atoms with van der Waals surface area (Å²) in [6.07, 6.45) is 8.44. The van der Waals surface area contributed by atoms with Gasteiger partial charge in [-0.1, -0.05) is 20.8 Å². The molecule has 0 saturated heterocycles. The third-order valence-electron chi connectivity index (χ3n) is 17.0. The summed E-state index contributed by atoms with van der Waals surface area (Å²) in [4.78, 5) is 98.2. The van der Waals surface area contributed by atoms with E-state index >= 15 is 0 Å². The van der Waals surface area contributed by atoms with Gasteiger partial charge in [0.15, 0.2) is 0 Å². The molecule has 1 amide bonds. The van der Waals surface area contributed by atoms with E-state index in [1.807, 2.05) is 0 Å². The van der Waals surface area contributed by atoms with Crippen molar-refractivity contribution in [3.05, 3.63) is 0 Å². The van der Waals surface area contributed by atoms with E-state index in [-0.39, 0.29) is 93.9 Å². The average Bonchev–Trinajstić information content (AvgIpc) is 3.64. The van der Waals surface area contributed by atoms with Gasteiger partial charge in [0.05, 0.1) is 46.5 Å². The fourth-order valence-electron chi connectivity index (χ4n) is 13.7. The number of ether oxygens (including phenoxy) is 6. The summed E-state index contributed by atoms with van der Waals surface area (Å²) in [5.41, 5.74) is -3.35. The van der Waals surface area contributed by atoms with Crippen LogP contribution in [-0.2, 0) is 62.0 Å². The maximum absolute atomic E-state index is 14.1. The molecule has 4 rings (SSSR count). The van der Waals surface area contributed by atoms with Crippen LogP contribution in [0.25, 0.3) is 0 Å². The topological polar surface area (TPSA) is 217 Å². The Balaban J connectivity index is 1.53. The van der Waals surface area contributed by atoms with Crippen molar-refractivity contribution in [3.63, 3.8) is 0 Å². The largest absolute Gasteiger partial charge is 0.469 e. The standard InChI is InChI=1S/C59H102N4O14/c1-38(18-25-48(66)72-16)42-21-22-43-41-20-19-39-32-40(26-27-58(39,14)44(41)33-46(64)59(42,43)15)60-47(65)24-23-45(53(71)73-17)63(30-28-61(34-49(67)74-54(2,3)4)35-50(68)75-55(5,6)7)31-29-62(36-51(69)76-56(8,9)10)37-52(70)77-57(11,12)13/h38-46,64H,18-37H2,1-17H3,(H,60,65)/t38-,39-,40+,41+,42-,43+,44+,45?,46+,58+,59-/m1/s1. The predicted octanol–water partition coefficient (Wildman–Crippen LogP) is 7.28. The summed E-state index contributed by atoms with van der Waals surface area (Å²) in [5, 5.41) is 15.5. The molecule has 0 radical (unpaired) electrons. The van der Waals surface area contributed by atoms with Gasteiger partial charge in [0.1, 0.15) is 28.4 Å². The molecule has 11 atom stereocenters. The van der Waals surface area contributed by atoms with Crippen molar-refractivity contribution >= 4 is 41.7 Å². The number of hydrogen-bond donors (Lipinski definition) is 2. The molecule has 0 aliphatic heterocycles. The number of nitrogens with zero attached hydrogens (tertiary/aromatic N) is 3. The molecule has 1 unspecified atom stereocenters. The number of rotatable bonds is 24. The lowest BCUT2D eigenvalue weighted by Crippen LogP contribution is -2.59. The molecule has 0 aromatic rings. The van der Waals surface area contributed by atoms with E-state index < -0.39 is 64.4 Å². The highest BCUT2D eigenvalue weighted by atomic mass is 16.6. The zero-order valence-electron chi connectivity index (χ0n) is 50.4. The Morgan fingerprint density at radius 2 is 1.06 bits per heavy atom. The lowest BCUT2D eigenvalue weighted by molar-refractivity contribution is -0.170. The number of aliphatic hydroxyl groups excluding tert-OH is 1. The molecule has 18 nitrogen and oxygen atoms in total. The van der Waals surface area contributed by atoms with Crippen LogP contribution in [0.3, 0.4) is 0 Å². The smallest absolute Gasteiger partial charge is 0.323 e. The summed E-state index contributed by atoms with van der Waals surface area (Å²) >= 11 is 0. The molecule has 4 fully saturated rings. The number of esters is 6. The van der Waals surface area contributed by atoms with Gasteiger partial charge in [-0.2, -0.15) is 0 Å². The fraction of sp³-hybridized carbons (Fsp3) is 0.881. The summed E-state index contributed by atoms with van der Waals surface area (Å²) in [6, 6.07) is -1.04. The van der Waals surface area contributed by atoms with Crippen LogP contribution in [-0.4, -0.2) is 169 Å². The second kappa shape index (κ2) is 27.1. The number of nitrogens with one attached hydrogen (secondary N) is 1. The van der Waals surface area contributed by atoms with Crippen molar-refractivity contribution in [2.24, 2.45) is 46.3 Å². The second-order valence-corrected chi connectivity index (χ2v) is 27.5. The van der Waals surface area contributed by atoms with Crippen LogP contribution in [0.15, 0.2) is 0 Å². The molecule has 4 aliphatic carbocycles. The molecule has 442 valence electrons. The first-order valence-corrected chi connectivity index (χ1v) is 28.6. The molecule has 77 heavy (non-hydrogen) atoms. The van der Waals surface area contributed by atoms with Crippen molar-refractivity contribution < 1.29 is 67.1 Å². The molecule has 18 heteroatoms. The monoisotopic (exact) mass is 1090 g/mol. The number of amides is 1. The minimum Gasteiger partial charge on any atom is -0.469 e. The maximum atomic E-state index is 14.1. The normalized spacial score (nSPS) is 27.4. The number of aliphatic hydroxyl groups is 1. The Kier molecular flexibility index (Phi) is 23.1. The van der Waals surface area contributed by atoms with Crippen molar-refractivity contribution in [1.82, 2.24) is 20.0 Å². The van der Waals surface area contributed by atoms with Gasteiger partial charge in [-0.05, 0) is 194 Å². The highest BCUT2D eigenvalue weighted by Gasteiger charge is 2.64. The van der Waals surface area contributed by atoms with Crippen LogP contribution >= 0.6 is 0 Å². The summed E-state index contributed by atoms with van der Waals surface area (Å²) in [6.45, 7) is 27.3. The molecular weight excluding hydrogens is 989 g/mol. The van der Waals surface area contributed by atoms with Gasteiger partial charge >= 0.3 is 35.8 Å². The van der Waals surface area contributed by atoms with Gasteiger partial charge in [0, 0.05) is 45.1 Å². The van der Waals surface area contributed by atoms with E-state index in [0.29, 0.717) is 41.9 Å². The number of hydrogen-bond acceptors (Lipinski definition) is 17. The number of fused-ring (bicyclic) bond motifs is 5. The number of carbonyl (C=O) groups is 7. The molecule has 2 N–H and O–H groups in total. The van der Waals surface area contributed by atoms with Gasteiger partial charge < -0.3 is 38.8 Å². The number of carbonyl (C=O) groups excluding carboxylic acids is 7. The van der Waals surface area contributed by atoms with Gasteiger partial charge in [0.25, 0.3) is 0 Å². The van der Waals surface area contributed by atoms with Crippen molar-refractivity contribution in [1.29, 1.82) is 0 Å². The van der Waals surface area contributed by atoms with Crippen LogP contribution in [0.5, 0.6) is 0 Å². The molecule has 4 saturated carbocycles. The quantitative estimate of drug-likeness (QED) is 0.0717. The van der Waals surface area contributed by atoms with E-state index in [1.165, 1.54) is 14.2 Å². The first-order valence-electron chi connectivity index (χ1n) is 28.6. The van der Waals surface area contributed by atoms with Crippen molar-refractivity contribution in [2.45, 2.75) is 221 Å². The molecule has 0 spiro atoms. The second-order valence-electron chi connectivity index (χ2n) is 27.5. The Labute approximate surface area is 461 Å². The predicted molar refractivity (Wildman–Crippen MR) is 292 cm³/mol. The lowest BCUT2D eigenvalue weighted by Gasteiger charge is -2.62. The Morgan fingerprint density at radius 3 is 1.51 bits per heavy atom. The molecule has 4 aliphatic rings. The Morgan fingerprint density at radius 1 is 0.584 bits per heavy atom. The Bertz CT molecular complexity index is 1890. The maximum Gasteiger partial charge on any atom is 0.323 e. The Hall–Kier alpha value is -3.87. The van der Waals surface area contributed by atoms with E-state index in [4.69, 9.17) is 28.4 Å². The van der Waals surface area contributed by atoms with Crippen molar-refractivity contribution in [3.8, 4) is 0 Å². The third-order valence-corrected chi connectivity index (χ3v) is 17.0. The minimum atomic E-state index is -0.986. The highest BCUT2D eigenvalue weighted by Crippen LogP contribution is 2.68. The highest BCUT2D eigenvalue weighted by molar-refractivity contribution is 5.80. The van der Waals surface area contributed by atoms with Gasteiger partial charge in [-0.15, -0.1) is 0 Å². The first-order chi connectivity index (χ1) is 35.5. The SMILES string of the molecule is COC(=O)CC[C@@H](C)[C@H]1CC[C@H]2[C@@H]3CC[C@@H]4C[C@@H](NC(=O)CCC(C(=O)OC)N(CCN(CC(=O)OC(C)(C)C)CC(=O)OC(C)(C)C)CCN(CC(=O)OC(C)(C)C)CC(=O)OC(C)(C)C)CC[C@]4(C)[C@H]3C[C@H](O)[C@]12C. The fourth-order valence-corrected chi connectivity index (χ4v) is 13.7. The number of methoxy groups -OCH3 is 2. The van der Waals surface area contributed by atoms with Crippen LogP contribution in [0.2, 0.25) is 0 Å². The van der Waals surface area contributed by atoms with E-state index in [9.17, 15) is 38.7 Å². The lowest BCUT2D eigenvalue weighted by atomic mass is 9.43.